The van der Waals surface area contributed by atoms with E-state index in [0.29, 0.717) is 11.5 Å². The molecule has 0 radical (unpaired) electrons. The first-order valence-electron chi connectivity index (χ1n) is 10.0. The fourth-order valence-electron chi connectivity index (χ4n) is 3.42. The molecule has 1 aliphatic heterocycles. The molecule has 0 bridgehead atoms. The maximum atomic E-state index is 12.6. The van der Waals surface area contributed by atoms with E-state index in [-0.39, 0.29) is 24.4 Å². The minimum Gasteiger partial charge on any atom is -0.376 e. The van der Waals surface area contributed by atoms with Crippen molar-refractivity contribution in [1.29, 1.82) is 0 Å². The predicted molar refractivity (Wildman–Crippen MR) is 112 cm³/mol. The third-order valence-electron chi connectivity index (χ3n) is 5.33. The van der Waals surface area contributed by atoms with Crippen LogP contribution in [-0.4, -0.2) is 36.3 Å². The van der Waals surface area contributed by atoms with Gasteiger partial charge < -0.3 is 15.5 Å². The number of rotatable bonds is 6. The molecule has 1 aliphatic rings. The number of benzene rings is 2. The van der Waals surface area contributed by atoms with Crippen LogP contribution in [0.5, 0.6) is 0 Å². The van der Waals surface area contributed by atoms with Crippen LogP contribution < -0.4 is 10.6 Å². The summed E-state index contributed by atoms with van der Waals surface area (Å²) in [6.45, 7) is 6.06. The van der Waals surface area contributed by atoms with Crippen molar-refractivity contribution in [3.8, 4) is 0 Å². The molecule has 3 rings (SSSR count). The van der Waals surface area contributed by atoms with E-state index in [1.807, 2.05) is 66.4 Å². The van der Waals surface area contributed by atoms with Gasteiger partial charge in [-0.25, -0.2) is 0 Å². The third kappa shape index (κ3) is 5.35. The molecule has 2 N–H and O–H groups in total. The Kier molecular flexibility index (Phi) is 6.69. The van der Waals surface area contributed by atoms with Crippen molar-refractivity contribution in [3.05, 3.63) is 65.7 Å². The van der Waals surface area contributed by atoms with Crippen LogP contribution in [0.25, 0.3) is 0 Å². The van der Waals surface area contributed by atoms with Crippen LogP contribution >= 0.6 is 0 Å². The van der Waals surface area contributed by atoms with Gasteiger partial charge in [0, 0.05) is 24.3 Å². The number of hydrogen-bond acceptors (Lipinski definition) is 3. The molecule has 5 nitrogen and oxygen atoms in total. The first-order chi connectivity index (χ1) is 13.5. The lowest BCUT2D eigenvalue weighted by molar-refractivity contribution is -0.120. The quantitative estimate of drug-likeness (QED) is 0.801. The second-order valence-corrected chi connectivity index (χ2v) is 7.61. The molecule has 1 fully saturated rings. The largest absolute Gasteiger partial charge is 0.376 e. The van der Waals surface area contributed by atoms with E-state index in [2.05, 4.69) is 17.6 Å². The highest BCUT2D eigenvalue weighted by Crippen LogP contribution is 2.19. The van der Waals surface area contributed by atoms with Gasteiger partial charge >= 0.3 is 0 Å². The maximum Gasteiger partial charge on any atom is 0.253 e. The van der Waals surface area contributed by atoms with Gasteiger partial charge in [-0.1, -0.05) is 37.3 Å². The van der Waals surface area contributed by atoms with Crippen LogP contribution in [0.4, 0.5) is 5.69 Å². The smallest absolute Gasteiger partial charge is 0.253 e. The Bertz CT molecular complexity index is 781. The van der Waals surface area contributed by atoms with Crippen LogP contribution in [0.2, 0.25) is 0 Å². The van der Waals surface area contributed by atoms with Crippen LogP contribution in [0.3, 0.4) is 0 Å². The molecule has 0 aliphatic carbocycles. The number of likely N-dealkylation sites (tertiary alicyclic amines) is 1. The Morgan fingerprint density at radius 2 is 1.68 bits per heavy atom. The lowest BCUT2D eigenvalue weighted by atomic mass is 9.98. The molecule has 1 heterocycles. The minimum absolute atomic E-state index is 0.0391. The zero-order chi connectivity index (χ0) is 19.9. The van der Waals surface area contributed by atoms with Crippen molar-refractivity contribution in [2.45, 2.75) is 32.7 Å². The molecular weight excluding hydrogens is 350 g/mol. The summed E-state index contributed by atoms with van der Waals surface area (Å²) >= 11 is 0. The van der Waals surface area contributed by atoms with Gasteiger partial charge in [-0.05, 0) is 55.5 Å². The molecule has 148 valence electrons. The second-order valence-electron chi connectivity index (χ2n) is 7.61. The highest BCUT2D eigenvalue weighted by molar-refractivity contribution is 5.94. The molecule has 2 aromatic rings. The number of carbonyl (C=O) groups excluding carboxylic acids is 2. The van der Waals surface area contributed by atoms with Gasteiger partial charge in [-0.3, -0.25) is 9.59 Å². The summed E-state index contributed by atoms with van der Waals surface area (Å²) in [7, 11) is 0. The molecule has 0 saturated carbocycles. The first-order valence-corrected chi connectivity index (χ1v) is 10.0. The molecule has 1 unspecified atom stereocenters. The average molecular weight is 380 g/mol. The molecule has 2 amide bonds. The lowest BCUT2D eigenvalue weighted by Crippen LogP contribution is -2.37. The fourth-order valence-corrected chi connectivity index (χ4v) is 3.42. The van der Waals surface area contributed by atoms with Crippen LogP contribution in [0.1, 0.15) is 48.7 Å². The molecule has 0 spiro atoms. The number of hydrogen-bond donors (Lipinski definition) is 2. The van der Waals surface area contributed by atoms with E-state index in [0.717, 1.165) is 37.2 Å². The van der Waals surface area contributed by atoms with Gasteiger partial charge in [0.15, 0.2) is 0 Å². The van der Waals surface area contributed by atoms with Crippen molar-refractivity contribution in [2.24, 2.45) is 5.92 Å². The number of nitrogens with one attached hydrogen (secondary N) is 2. The Labute approximate surface area is 167 Å². The Hall–Kier alpha value is -2.82. The number of piperidine rings is 1. The number of nitrogens with zero attached hydrogens (tertiary/aromatic N) is 1. The lowest BCUT2D eigenvalue weighted by Gasteiger charge is -2.30. The summed E-state index contributed by atoms with van der Waals surface area (Å²) in [6.07, 6.45) is 2.14. The van der Waals surface area contributed by atoms with Crippen molar-refractivity contribution in [2.75, 3.05) is 25.0 Å². The van der Waals surface area contributed by atoms with Gasteiger partial charge in [-0.2, -0.15) is 0 Å². The summed E-state index contributed by atoms with van der Waals surface area (Å²) in [5.74, 6) is 0.721. The monoisotopic (exact) mass is 379 g/mol. The molecule has 1 atom stereocenters. The van der Waals surface area contributed by atoms with Gasteiger partial charge in [0.05, 0.1) is 12.6 Å². The van der Waals surface area contributed by atoms with Crippen molar-refractivity contribution in [1.82, 2.24) is 10.2 Å². The van der Waals surface area contributed by atoms with E-state index < -0.39 is 0 Å². The molecular formula is C23H29N3O2. The maximum absolute atomic E-state index is 12.6. The van der Waals surface area contributed by atoms with Crippen molar-refractivity contribution in [3.63, 3.8) is 0 Å². The standard InChI is InChI=1S/C23H29N3O2/c1-17-12-14-26(15-13-17)23(28)20-8-10-21(11-9-20)24-16-22(27)25-18(2)19-6-4-3-5-7-19/h3-11,17-18,24H,12-16H2,1-2H3,(H,25,27). The van der Waals surface area contributed by atoms with Crippen LogP contribution in [-0.2, 0) is 4.79 Å². The first kappa shape index (κ1) is 19.9. The number of amides is 2. The zero-order valence-electron chi connectivity index (χ0n) is 16.7. The van der Waals surface area contributed by atoms with Gasteiger partial charge in [0.1, 0.15) is 0 Å². The van der Waals surface area contributed by atoms with Crippen LogP contribution in [0.15, 0.2) is 54.6 Å². The summed E-state index contributed by atoms with van der Waals surface area (Å²) in [5.41, 5.74) is 2.60. The summed E-state index contributed by atoms with van der Waals surface area (Å²) in [4.78, 5) is 26.7. The zero-order valence-corrected chi connectivity index (χ0v) is 16.7. The number of carbonyl (C=O) groups is 2. The topological polar surface area (TPSA) is 61.4 Å². The van der Waals surface area contributed by atoms with Gasteiger partial charge in [0.25, 0.3) is 5.91 Å². The normalized spacial score (nSPS) is 15.7. The van der Waals surface area contributed by atoms with Crippen molar-refractivity contribution >= 4 is 17.5 Å². The number of anilines is 1. The molecule has 0 aromatic heterocycles. The van der Waals surface area contributed by atoms with Crippen LogP contribution in [0, 0.1) is 5.92 Å². The van der Waals surface area contributed by atoms with E-state index in [1.165, 1.54) is 0 Å². The highest BCUT2D eigenvalue weighted by Gasteiger charge is 2.21. The predicted octanol–water partition coefficient (Wildman–Crippen LogP) is 3.85. The highest BCUT2D eigenvalue weighted by atomic mass is 16.2. The summed E-state index contributed by atoms with van der Waals surface area (Å²) in [5, 5.41) is 6.10. The molecule has 5 heteroatoms. The fraction of sp³-hybridized carbons (Fsp3) is 0.391. The molecule has 28 heavy (non-hydrogen) atoms. The average Bonchev–Trinajstić information content (AvgIpc) is 2.73. The minimum atomic E-state index is -0.0704. The second kappa shape index (κ2) is 9.40. The SMILES string of the molecule is CC1CCN(C(=O)c2ccc(NCC(=O)NC(C)c3ccccc3)cc2)CC1. The van der Waals surface area contributed by atoms with Crippen molar-refractivity contribution < 1.29 is 9.59 Å². The Morgan fingerprint density at radius 3 is 2.32 bits per heavy atom. The third-order valence-corrected chi connectivity index (χ3v) is 5.33. The summed E-state index contributed by atoms with van der Waals surface area (Å²) < 4.78 is 0. The van der Waals surface area contributed by atoms with E-state index in [9.17, 15) is 9.59 Å². The molecule has 2 aromatic carbocycles. The Morgan fingerprint density at radius 1 is 1.04 bits per heavy atom. The molecule has 1 saturated heterocycles. The van der Waals surface area contributed by atoms with Gasteiger partial charge in [-0.15, -0.1) is 0 Å². The van der Waals surface area contributed by atoms with E-state index >= 15 is 0 Å². The summed E-state index contributed by atoms with van der Waals surface area (Å²) in [6, 6.07) is 17.2. The van der Waals surface area contributed by atoms with Gasteiger partial charge in [0.2, 0.25) is 5.91 Å². The van der Waals surface area contributed by atoms with E-state index in [4.69, 9.17) is 0 Å². The van der Waals surface area contributed by atoms with E-state index in [1.54, 1.807) is 0 Å². The Balaban J connectivity index is 1.47.